The summed E-state index contributed by atoms with van der Waals surface area (Å²) in [4.78, 5) is 23.7. The van der Waals surface area contributed by atoms with Gasteiger partial charge >= 0.3 is 5.97 Å². The molecule has 1 aliphatic carbocycles. The molecule has 5 heteroatoms. The smallest absolute Gasteiger partial charge is 0.329 e. The minimum Gasteiger partial charge on any atom is -0.480 e. The summed E-state index contributed by atoms with van der Waals surface area (Å²) in [5, 5.41) is 12.1. The molecule has 0 heterocycles. The Balaban J connectivity index is 2.84. The number of nitrogens with one attached hydrogen (secondary N) is 1. The highest BCUT2D eigenvalue weighted by atomic mass is 16.4. The number of aliphatic carboxylic acids is 1. The van der Waals surface area contributed by atoms with Crippen molar-refractivity contribution in [1.82, 2.24) is 5.32 Å². The van der Waals surface area contributed by atoms with Gasteiger partial charge in [0, 0.05) is 0 Å². The fraction of sp³-hybridized carbons (Fsp3) is 0.846. The van der Waals surface area contributed by atoms with Crippen LogP contribution in [0, 0.1) is 0 Å². The van der Waals surface area contributed by atoms with E-state index in [2.05, 4.69) is 5.32 Å². The summed E-state index contributed by atoms with van der Waals surface area (Å²) in [6.45, 7) is 3.69. The summed E-state index contributed by atoms with van der Waals surface area (Å²) in [6.07, 6.45) is 4.70. The number of hydrogen-bond acceptors (Lipinski definition) is 3. The third kappa shape index (κ3) is 2.83. The van der Waals surface area contributed by atoms with Gasteiger partial charge in [-0.2, -0.15) is 0 Å². The highest BCUT2D eigenvalue weighted by Gasteiger charge is 2.44. The normalized spacial score (nSPS) is 19.3. The molecular formula is C13H24N2O3. The Morgan fingerprint density at radius 2 is 1.72 bits per heavy atom. The van der Waals surface area contributed by atoms with Crippen LogP contribution in [0.1, 0.15) is 58.8 Å². The molecule has 0 spiro atoms. The molecule has 1 saturated carbocycles. The number of carbonyl (C=O) groups is 2. The maximum Gasteiger partial charge on any atom is 0.329 e. The summed E-state index contributed by atoms with van der Waals surface area (Å²) in [5.74, 6) is -1.28. The lowest BCUT2D eigenvalue weighted by Gasteiger charge is -2.37. The minimum atomic E-state index is -1.11. The Labute approximate surface area is 108 Å². The summed E-state index contributed by atoms with van der Waals surface area (Å²) in [7, 11) is 0. The number of carbonyl (C=O) groups excluding carboxylic acids is 1. The Hall–Kier alpha value is -1.10. The van der Waals surface area contributed by atoms with Crippen molar-refractivity contribution in [2.45, 2.75) is 69.9 Å². The van der Waals surface area contributed by atoms with Crippen molar-refractivity contribution in [3.05, 3.63) is 0 Å². The molecule has 0 bridgehead atoms. The van der Waals surface area contributed by atoms with Crippen molar-refractivity contribution in [2.24, 2.45) is 5.73 Å². The zero-order valence-corrected chi connectivity index (χ0v) is 11.3. The zero-order valence-electron chi connectivity index (χ0n) is 11.3. The van der Waals surface area contributed by atoms with E-state index in [9.17, 15) is 14.7 Å². The van der Waals surface area contributed by atoms with Crippen LogP contribution in [0.4, 0.5) is 0 Å². The topological polar surface area (TPSA) is 92.4 Å². The van der Waals surface area contributed by atoms with Crippen LogP contribution in [-0.2, 0) is 9.59 Å². The summed E-state index contributed by atoms with van der Waals surface area (Å²) in [6, 6.07) is 0. The number of hydrogen-bond donors (Lipinski definition) is 3. The summed E-state index contributed by atoms with van der Waals surface area (Å²) >= 11 is 0. The van der Waals surface area contributed by atoms with Crippen molar-refractivity contribution in [2.75, 3.05) is 0 Å². The molecule has 0 atom stereocenters. The summed E-state index contributed by atoms with van der Waals surface area (Å²) in [5.41, 5.74) is 3.95. The van der Waals surface area contributed by atoms with Crippen LogP contribution in [0.3, 0.4) is 0 Å². The van der Waals surface area contributed by atoms with Gasteiger partial charge < -0.3 is 16.2 Å². The zero-order chi connectivity index (χ0) is 13.8. The molecule has 0 aliphatic heterocycles. The maximum absolute atomic E-state index is 12.2. The fourth-order valence-corrected chi connectivity index (χ4v) is 2.46. The van der Waals surface area contributed by atoms with E-state index in [4.69, 9.17) is 5.73 Å². The molecular weight excluding hydrogens is 232 g/mol. The lowest BCUT2D eigenvalue weighted by atomic mass is 9.80. The van der Waals surface area contributed by atoms with Gasteiger partial charge in [0.05, 0.1) is 5.54 Å². The highest BCUT2D eigenvalue weighted by Crippen LogP contribution is 2.29. The number of carboxylic acids is 1. The molecule has 0 saturated heterocycles. The number of rotatable bonds is 5. The summed E-state index contributed by atoms with van der Waals surface area (Å²) < 4.78 is 0. The van der Waals surface area contributed by atoms with Gasteiger partial charge in [-0.15, -0.1) is 0 Å². The number of carboxylic acid groups (broad SMARTS) is 1. The largest absolute Gasteiger partial charge is 0.480 e. The van der Waals surface area contributed by atoms with Gasteiger partial charge in [-0.3, -0.25) is 4.79 Å². The monoisotopic (exact) mass is 256 g/mol. The van der Waals surface area contributed by atoms with E-state index in [0.29, 0.717) is 25.7 Å². The van der Waals surface area contributed by atoms with Crippen LogP contribution >= 0.6 is 0 Å². The van der Waals surface area contributed by atoms with Gasteiger partial charge in [-0.05, 0) is 25.7 Å². The second-order valence-electron chi connectivity index (χ2n) is 5.27. The van der Waals surface area contributed by atoms with Gasteiger partial charge in [-0.1, -0.05) is 33.1 Å². The molecule has 1 fully saturated rings. The molecule has 18 heavy (non-hydrogen) atoms. The predicted molar refractivity (Wildman–Crippen MR) is 69.1 cm³/mol. The van der Waals surface area contributed by atoms with Crippen LogP contribution in [-0.4, -0.2) is 28.1 Å². The molecule has 1 amide bonds. The van der Waals surface area contributed by atoms with Crippen LogP contribution in [0.2, 0.25) is 0 Å². The van der Waals surface area contributed by atoms with E-state index in [-0.39, 0.29) is 5.91 Å². The Kier molecular flexibility index (Phi) is 4.73. The molecule has 1 aliphatic rings. The standard InChI is InChI=1S/C13H24N2O3/c1-3-12(14,4-2)10(16)15-13(11(17)18)8-6-5-7-9-13/h3-9,14H2,1-2H3,(H,15,16)(H,17,18). The average molecular weight is 256 g/mol. The predicted octanol–water partition coefficient (Wildman–Crippen LogP) is 1.41. The molecule has 0 aromatic rings. The first-order valence-electron chi connectivity index (χ1n) is 6.75. The van der Waals surface area contributed by atoms with Gasteiger partial charge in [0.2, 0.25) is 5.91 Å². The van der Waals surface area contributed by atoms with Gasteiger partial charge in [-0.25, -0.2) is 4.79 Å². The van der Waals surface area contributed by atoms with Crippen molar-refractivity contribution >= 4 is 11.9 Å². The minimum absolute atomic E-state index is 0.336. The molecule has 104 valence electrons. The first-order chi connectivity index (χ1) is 8.40. The molecule has 0 aromatic heterocycles. The molecule has 4 N–H and O–H groups in total. The van der Waals surface area contributed by atoms with Crippen molar-refractivity contribution in [1.29, 1.82) is 0 Å². The maximum atomic E-state index is 12.2. The third-order valence-corrected chi connectivity index (χ3v) is 4.18. The molecule has 0 radical (unpaired) electrons. The van der Waals surface area contributed by atoms with Gasteiger partial charge in [0.25, 0.3) is 0 Å². The highest BCUT2D eigenvalue weighted by molar-refractivity contribution is 5.92. The van der Waals surface area contributed by atoms with Crippen LogP contribution in [0.5, 0.6) is 0 Å². The van der Waals surface area contributed by atoms with Crippen molar-refractivity contribution < 1.29 is 14.7 Å². The van der Waals surface area contributed by atoms with E-state index < -0.39 is 17.0 Å². The van der Waals surface area contributed by atoms with Crippen LogP contribution < -0.4 is 11.1 Å². The van der Waals surface area contributed by atoms with Gasteiger partial charge in [0.15, 0.2) is 0 Å². The van der Waals surface area contributed by atoms with Gasteiger partial charge in [0.1, 0.15) is 5.54 Å². The number of amides is 1. The lowest BCUT2D eigenvalue weighted by molar-refractivity contribution is -0.150. The second-order valence-corrected chi connectivity index (χ2v) is 5.27. The van der Waals surface area contributed by atoms with E-state index in [1.165, 1.54) is 0 Å². The first-order valence-corrected chi connectivity index (χ1v) is 6.75. The molecule has 0 unspecified atom stereocenters. The molecule has 1 rings (SSSR count). The first kappa shape index (κ1) is 15.0. The Morgan fingerprint density at radius 3 is 2.11 bits per heavy atom. The van der Waals surface area contributed by atoms with E-state index in [1.807, 2.05) is 13.8 Å². The Bertz CT molecular complexity index is 318. The molecule has 0 aromatic carbocycles. The van der Waals surface area contributed by atoms with E-state index in [0.717, 1.165) is 19.3 Å². The molecule has 5 nitrogen and oxygen atoms in total. The quantitative estimate of drug-likeness (QED) is 0.693. The SMILES string of the molecule is CCC(N)(CC)C(=O)NC1(C(=O)O)CCCCC1. The average Bonchev–Trinajstić information content (AvgIpc) is 2.38. The Morgan fingerprint density at radius 1 is 1.22 bits per heavy atom. The van der Waals surface area contributed by atoms with Crippen LogP contribution in [0.15, 0.2) is 0 Å². The van der Waals surface area contributed by atoms with Crippen molar-refractivity contribution in [3.8, 4) is 0 Å². The van der Waals surface area contributed by atoms with Crippen LogP contribution in [0.25, 0.3) is 0 Å². The van der Waals surface area contributed by atoms with E-state index in [1.54, 1.807) is 0 Å². The number of nitrogens with two attached hydrogens (primary N) is 1. The van der Waals surface area contributed by atoms with Crippen molar-refractivity contribution in [3.63, 3.8) is 0 Å². The second kappa shape index (κ2) is 5.69. The lowest BCUT2D eigenvalue weighted by Crippen LogP contribution is -2.63. The third-order valence-electron chi connectivity index (χ3n) is 4.18. The fourth-order valence-electron chi connectivity index (χ4n) is 2.46. The van der Waals surface area contributed by atoms with E-state index >= 15 is 0 Å².